The molecule has 0 saturated carbocycles. The Morgan fingerprint density at radius 2 is 2.14 bits per heavy atom. The van der Waals surface area contributed by atoms with E-state index in [1.165, 1.54) is 23.5 Å². The second kappa shape index (κ2) is 6.35. The second-order valence-electron chi connectivity index (χ2n) is 6.22. The summed E-state index contributed by atoms with van der Waals surface area (Å²) in [5, 5.41) is 3.40. The predicted molar refractivity (Wildman–Crippen MR) is 84.0 cm³/mol. The van der Waals surface area contributed by atoms with Crippen molar-refractivity contribution in [3.63, 3.8) is 0 Å². The summed E-state index contributed by atoms with van der Waals surface area (Å²) in [6.07, 6.45) is 2.79. The minimum Gasteiger partial charge on any atom is -0.302 e. The van der Waals surface area contributed by atoms with Gasteiger partial charge in [-0.2, -0.15) is 0 Å². The molecule has 1 heterocycles. The zero-order valence-electron chi connectivity index (χ0n) is 12.4. The lowest BCUT2D eigenvalue weighted by molar-refractivity contribution is -0.117. The van der Waals surface area contributed by atoms with Gasteiger partial charge in [0.2, 0.25) is 5.91 Å². The zero-order valence-corrected chi connectivity index (χ0v) is 13.3. The van der Waals surface area contributed by atoms with Gasteiger partial charge in [0.05, 0.1) is 0 Å². The highest BCUT2D eigenvalue weighted by Gasteiger charge is 2.16. The van der Waals surface area contributed by atoms with Gasteiger partial charge in [0.15, 0.2) is 5.13 Å². The number of nitrogens with one attached hydrogen (secondary N) is 1. The summed E-state index contributed by atoms with van der Waals surface area (Å²) >= 11 is 1.42. The molecule has 0 bridgehead atoms. The number of thiazole rings is 1. The SMILES string of the molecule is CC(C)(C)CC(=O)Nc1ncc(Cc2cccc(F)c2)s1. The van der Waals surface area contributed by atoms with E-state index in [2.05, 4.69) is 10.3 Å². The van der Waals surface area contributed by atoms with Crippen molar-refractivity contribution in [2.75, 3.05) is 5.32 Å². The summed E-state index contributed by atoms with van der Waals surface area (Å²) < 4.78 is 13.1. The molecule has 1 amide bonds. The fraction of sp³-hybridized carbons (Fsp3) is 0.375. The average Bonchev–Trinajstić information content (AvgIpc) is 2.73. The van der Waals surface area contributed by atoms with E-state index >= 15 is 0 Å². The summed E-state index contributed by atoms with van der Waals surface area (Å²) in [5.74, 6) is -0.273. The molecule has 1 aromatic heterocycles. The minimum atomic E-state index is -0.240. The second-order valence-corrected chi connectivity index (χ2v) is 7.34. The Morgan fingerprint density at radius 3 is 2.81 bits per heavy atom. The number of anilines is 1. The standard InChI is InChI=1S/C16H19FN2OS/c1-16(2,3)9-14(20)19-15-18-10-13(21-15)8-11-5-4-6-12(17)7-11/h4-7,10H,8-9H2,1-3H3,(H,18,19,20). The van der Waals surface area contributed by atoms with Crippen molar-refractivity contribution in [1.29, 1.82) is 0 Å². The van der Waals surface area contributed by atoms with Crippen LogP contribution >= 0.6 is 11.3 Å². The normalized spacial score (nSPS) is 11.4. The summed E-state index contributed by atoms with van der Waals surface area (Å²) in [6, 6.07) is 6.50. The van der Waals surface area contributed by atoms with E-state index in [0.29, 0.717) is 18.0 Å². The van der Waals surface area contributed by atoms with Crippen LogP contribution in [0.4, 0.5) is 9.52 Å². The molecular weight excluding hydrogens is 287 g/mol. The van der Waals surface area contributed by atoms with Gasteiger partial charge in [-0.15, -0.1) is 11.3 Å². The van der Waals surface area contributed by atoms with Crippen molar-refractivity contribution in [3.8, 4) is 0 Å². The zero-order chi connectivity index (χ0) is 15.5. The van der Waals surface area contributed by atoms with Gasteiger partial charge in [-0.1, -0.05) is 32.9 Å². The Kier molecular flexibility index (Phi) is 4.73. The lowest BCUT2D eigenvalue weighted by atomic mass is 9.92. The van der Waals surface area contributed by atoms with Crippen molar-refractivity contribution in [2.24, 2.45) is 5.41 Å². The Morgan fingerprint density at radius 1 is 1.38 bits per heavy atom. The topological polar surface area (TPSA) is 42.0 Å². The highest BCUT2D eigenvalue weighted by molar-refractivity contribution is 7.15. The van der Waals surface area contributed by atoms with Crippen LogP contribution in [0.1, 0.15) is 37.6 Å². The van der Waals surface area contributed by atoms with Gasteiger partial charge in [0.1, 0.15) is 5.82 Å². The largest absolute Gasteiger partial charge is 0.302 e. The number of benzene rings is 1. The Labute approximate surface area is 128 Å². The first-order chi connectivity index (χ1) is 9.82. The molecule has 5 heteroatoms. The van der Waals surface area contributed by atoms with E-state index in [1.807, 2.05) is 26.8 Å². The van der Waals surface area contributed by atoms with Gasteiger partial charge in [-0.05, 0) is 23.1 Å². The number of carbonyl (C=O) groups excluding carboxylic acids is 1. The van der Waals surface area contributed by atoms with Gasteiger partial charge >= 0.3 is 0 Å². The minimum absolute atomic E-state index is 0.0332. The van der Waals surface area contributed by atoms with E-state index in [1.54, 1.807) is 12.3 Å². The summed E-state index contributed by atoms with van der Waals surface area (Å²) in [7, 11) is 0. The van der Waals surface area contributed by atoms with Crippen LogP contribution in [0.15, 0.2) is 30.5 Å². The Balaban J connectivity index is 1.97. The average molecular weight is 306 g/mol. The number of halogens is 1. The smallest absolute Gasteiger partial charge is 0.226 e. The maximum Gasteiger partial charge on any atom is 0.226 e. The molecular formula is C16H19FN2OS. The van der Waals surface area contributed by atoms with E-state index in [4.69, 9.17) is 0 Å². The van der Waals surface area contributed by atoms with Crippen LogP contribution in [0.5, 0.6) is 0 Å². The van der Waals surface area contributed by atoms with Crippen molar-refractivity contribution in [3.05, 3.63) is 46.7 Å². The fourth-order valence-electron chi connectivity index (χ4n) is 1.94. The van der Waals surface area contributed by atoms with Crippen LogP contribution in [0.25, 0.3) is 0 Å². The van der Waals surface area contributed by atoms with Crippen LogP contribution in [-0.4, -0.2) is 10.9 Å². The third kappa shape index (κ3) is 5.27. The first-order valence-electron chi connectivity index (χ1n) is 6.81. The predicted octanol–water partition coefficient (Wildman–Crippen LogP) is 4.25. The fourth-order valence-corrected chi connectivity index (χ4v) is 2.80. The first kappa shape index (κ1) is 15.6. The van der Waals surface area contributed by atoms with Crippen LogP contribution < -0.4 is 5.32 Å². The highest BCUT2D eigenvalue weighted by atomic mass is 32.1. The van der Waals surface area contributed by atoms with E-state index in [-0.39, 0.29) is 17.1 Å². The van der Waals surface area contributed by atoms with Crippen molar-refractivity contribution in [2.45, 2.75) is 33.6 Å². The van der Waals surface area contributed by atoms with Crippen molar-refractivity contribution < 1.29 is 9.18 Å². The van der Waals surface area contributed by atoms with Gasteiger partial charge < -0.3 is 5.32 Å². The van der Waals surface area contributed by atoms with E-state index in [0.717, 1.165) is 10.4 Å². The molecule has 3 nitrogen and oxygen atoms in total. The third-order valence-electron chi connectivity index (χ3n) is 2.76. The first-order valence-corrected chi connectivity index (χ1v) is 7.62. The van der Waals surface area contributed by atoms with Crippen molar-refractivity contribution >= 4 is 22.4 Å². The molecule has 0 aliphatic carbocycles. The van der Waals surface area contributed by atoms with E-state index < -0.39 is 0 Å². The van der Waals surface area contributed by atoms with Crippen LogP contribution in [0.3, 0.4) is 0 Å². The molecule has 2 rings (SSSR count). The molecule has 0 atom stereocenters. The van der Waals surface area contributed by atoms with Gasteiger partial charge in [0.25, 0.3) is 0 Å². The molecule has 0 radical (unpaired) electrons. The molecule has 1 N–H and O–H groups in total. The molecule has 112 valence electrons. The van der Waals surface area contributed by atoms with Gasteiger partial charge in [0, 0.05) is 23.9 Å². The van der Waals surface area contributed by atoms with E-state index in [9.17, 15) is 9.18 Å². The Bertz CT molecular complexity index is 631. The number of aromatic nitrogens is 1. The lowest BCUT2D eigenvalue weighted by Crippen LogP contribution is -2.19. The molecule has 0 fully saturated rings. The molecule has 0 aliphatic rings. The number of hydrogen-bond donors (Lipinski definition) is 1. The van der Waals surface area contributed by atoms with Crippen LogP contribution in [0.2, 0.25) is 0 Å². The molecule has 0 unspecified atom stereocenters. The maximum atomic E-state index is 13.1. The highest BCUT2D eigenvalue weighted by Crippen LogP contribution is 2.23. The quantitative estimate of drug-likeness (QED) is 0.917. The molecule has 0 spiro atoms. The van der Waals surface area contributed by atoms with Crippen molar-refractivity contribution in [1.82, 2.24) is 4.98 Å². The molecule has 0 aliphatic heterocycles. The molecule has 2 aromatic rings. The molecule has 0 saturated heterocycles. The number of carbonyl (C=O) groups is 1. The Hall–Kier alpha value is -1.75. The maximum absolute atomic E-state index is 13.1. The lowest BCUT2D eigenvalue weighted by Gasteiger charge is -2.16. The summed E-state index contributed by atoms with van der Waals surface area (Å²) in [4.78, 5) is 17.0. The summed E-state index contributed by atoms with van der Waals surface area (Å²) in [6.45, 7) is 6.05. The molecule has 21 heavy (non-hydrogen) atoms. The number of nitrogens with zero attached hydrogens (tertiary/aromatic N) is 1. The summed E-state index contributed by atoms with van der Waals surface area (Å²) in [5.41, 5.74) is 0.845. The van der Waals surface area contributed by atoms with Crippen LogP contribution in [-0.2, 0) is 11.2 Å². The number of rotatable bonds is 4. The molecule has 1 aromatic carbocycles. The monoisotopic (exact) mass is 306 g/mol. The number of amides is 1. The van der Waals surface area contributed by atoms with Gasteiger partial charge in [-0.25, -0.2) is 9.37 Å². The third-order valence-corrected chi connectivity index (χ3v) is 3.67. The van der Waals surface area contributed by atoms with Gasteiger partial charge in [-0.3, -0.25) is 4.79 Å². The number of hydrogen-bond acceptors (Lipinski definition) is 3. The van der Waals surface area contributed by atoms with Crippen LogP contribution in [0, 0.1) is 11.2 Å².